The van der Waals surface area contributed by atoms with E-state index in [0.717, 1.165) is 0 Å². The molecule has 0 fully saturated rings. The van der Waals surface area contributed by atoms with Crippen LogP contribution < -0.4 is 4.72 Å². The number of rotatable bonds is 2. The molecule has 0 radical (unpaired) electrons. The number of terminal acetylenes is 1. The maximum absolute atomic E-state index is 13.1. The van der Waals surface area contributed by atoms with Crippen LogP contribution in [0.25, 0.3) is 0 Å². The minimum atomic E-state index is -0.320. The molecule has 12 heavy (non-hydrogen) atoms. The van der Waals surface area contributed by atoms with Crippen LogP contribution in [-0.2, 0) is 0 Å². The largest absolute Gasteiger partial charge is 0.328 e. The van der Waals surface area contributed by atoms with Crippen LogP contribution in [0, 0.1) is 18.2 Å². The maximum Gasteiger partial charge on any atom is 0.148 e. The van der Waals surface area contributed by atoms with Crippen LogP contribution in [0.2, 0.25) is 0 Å². The standard InChI is InChI=1S/C9H8FNS/c1-3-7-4-5-9(11-12-2)8(10)6-7/h1,4-6,11H,2H3. The van der Waals surface area contributed by atoms with E-state index in [1.54, 1.807) is 12.1 Å². The fraction of sp³-hybridized carbons (Fsp3) is 0.111. The second kappa shape index (κ2) is 4.03. The molecule has 62 valence electrons. The first kappa shape index (κ1) is 8.95. The Morgan fingerprint density at radius 3 is 2.83 bits per heavy atom. The average Bonchev–Trinajstić information content (AvgIpc) is 2.09. The van der Waals surface area contributed by atoms with E-state index >= 15 is 0 Å². The minimum Gasteiger partial charge on any atom is -0.328 e. The first-order valence-electron chi connectivity index (χ1n) is 3.33. The number of hydrogen-bond donors (Lipinski definition) is 1. The average molecular weight is 181 g/mol. The van der Waals surface area contributed by atoms with Crippen molar-refractivity contribution in [2.45, 2.75) is 0 Å². The smallest absolute Gasteiger partial charge is 0.148 e. The van der Waals surface area contributed by atoms with Crippen molar-refractivity contribution >= 4 is 17.6 Å². The summed E-state index contributed by atoms with van der Waals surface area (Å²) in [4.78, 5) is 0. The summed E-state index contributed by atoms with van der Waals surface area (Å²) < 4.78 is 15.9. The molecule has 1 aromatic rings. The van der Waals surface area contributed by atoms with Crippen LogP contribution in [0.5, 0.6) is 0 Å². The van der Waals surface area contributed by atoms with Gasteiger partial charge in [-0.1, -0.05) is 17.9 Å². The van der Waals surface area contributed by atoms with Crippen molar-refractivity contribution < 1.29 is 4.39 Å². The second-order valence-electron chi connectivity index (χ2n) is 2.15. The van der Waals surface area contributed by atoms with Crippen LogP contribution in [0.1, 0.15) is 5.56 Å². The van der Waals surface area contributed by atoms with Gasteiger partial charge < -0.3 is 4.72 Å². The van der Waals surface area contributed by atoms with Gasteiger partial charge in [0.05, 0.1) is 5.69 Å². The van der Waals surface area contributed by atoms with Crippen LogP contribution in [0.3, 0.4) is 0 Å². The lowest BCUT2D eigenvalue weighted by Gasteiger charge is -2.02. The molecule has 1 aromatic carbocycles. The highest BCUT2D eigenvalue weighted by atomic mass is 32.2. The van der Waals surface area contributed by atoms with E-state index in [2.05, 4.69) is 10.6 Å². The van der Waals surface area contributed by atoms with E-state index in [4.69, 9.17) is 6.42 Å². The van der Waals surface area contributed by atoms with Gasteiger partial charge in [0, 0.05) is 11.8 Å². The van der Waals surface area contributed by atoms with E-state index in [9.17, 15) is 4.39 Å². The molecule has 0 saturated carbocycles. The molecule has 0 aliphatic heterocycles. The predicted octanol–water partition coefficient (Wildman–Crippen LogP) is 2.50. The molecule has 0 aliphatic carbocycles. The zero-order valence-electron chi connectivity index (χ0n) is 6.60. The Hall–Kier alpha value is -1.14. The molecule has 3 heteroatoms. The number of benzene rings is 1. The molecule has 0 spiro atoms. The number of anilines is 1. The molecule has 1 rings (SSSR count). The molecule has 0 unspecified atom stereocenters. The highest BCUT2D eigenvalue weighted by molar-refractivity contribution is 7.99. The third-order valence-electron chi connectivity index (χ3n) is 1.35. The second-order valence-corrected chi connectivity index (χ2v) is 2.76. The quantitative estimate of drug-likeness (QED) is 0.555. The summed E-state index contributed by atoms with van der Waals surface area (Å²) in [6, 6.07) is 4.65. The molecule has 0 atom stereocenters. The molecule has 0 bridgehead atoms. The maximum atomic E-state index is 13.1. The van der Waals surface area contributed by atoms with Crippen molar-refractivity contribution in [2.24, 2.45) is 0 Å². The van der Waals surface area contributed by atoms with Gasteiger partial charge in [0.1, 0.15) is 5.82 Å². The van der Waals surface area contributed by atoms with Crippen molar-refractivity contribution in [3.8, 4) is 12.3 Å². The van der Waals surface area contributed by atoms with Gasteiger partial charge in [-0.05, 0) is 18.2 Å². The summed E-state index contributed by atoms with van der Waals surface area (Å²) in [5, 5.41) is 0. The van der Waals surface area contributed by atoms with E-state index in [-0.39, 0.29) is 5.82 Å². The summed E-state index contributed by atoms with van der Waals surface area (Å²) in [6.07, 6.45) is 6.93. The lowest BCUT2D eigenvalue weighted by atomic mass is 10.2. The van der Waals surface area contributed by atoms with Gasteiger partial charge in [0.15, 0.2) is 0 Å². The molecule has 0 amide bonds. The Morgan fingerprint density at radius 1 is 1.58 bits per heavy atom. The summed E-state index contributed by atoms with van der Waals surface area (Å²) in [5.74, 6) is 2.04. The first-order valence-corrected chi connectivity index (χ1v) is 4.55. The van der Waals surface area contributed by atoms with E-state index in [0.29, 0.717) is 11.3 Å². The topological polar surface area (TPSA) is 12.0 Å². The summed E-state index contributed by atoms with van der Waals surface area (Å²) in [5.41, 5.74) is 1.01. The van der Waals surface area contributed by atoms with Crippen LogP contribution in [0.4, 0.5) is 10.1 Å². The molecule has 0 saturated heterocycles. The van der Waals surface area contributed by atoms with Crippen molar-refractivity contribution in [3.05, 3.63) is 29.6 Å². The summed E-state index contributed by atoms with van der Waals surface area (Å²) in [6.45, 7) is 0. The minimum absolute atomic E-state index is 0.320. The van der Waals surface area contributed by atoms with Gasteiger partial charge in [-0.3, -0.25) is 0 Å². The van der Waals surface area contributed by atoms with Gasteiger partial charge >= 0.3 is 0 Å². The monoisotopic (exact) mass is 181 g/mol. The van der Waals surface area contributed by atoms with Crippen molar-refractivity contribution in [1.82, 2.24) is 0 Å². The van der Waals surface area contributed by atoms with E-state index < -0.39 is 0 Å². The lowest BCUT2D eigenvalue weighted by molar-refractivity contribution is 0.632. The zero-order chi connectivity index (χ0) is 8.97. The molecule has 0 heterocycles. The Morgan fingerprint density at radius 2 is 2.33 bits per heavy atom. The van der Waals surface area contributed by atoms with Gasteiger partial charge in [-0.2, -0.15) is 0 Å². The Bertz CT molecular complexity index is 317. The van der Waals surface area contributed by atoms with Gasteiger partial charge in [-0.15, -0.1) is 6.42 Å². The molecule has 1 nitrogen and oxygen atoms in total. The first-order chi connectivity index (χ1) is 5.77. The Kier molecular flexibility index (Phi) is 3.01. The summed E-state index contributed by atoms with van der Waals surface area (Å²) in [7, 11) is 0. The van der Waals surface area contributed by atoms with Crippen molar-refractivity contribution in [2.75, 3.05) is 11.0 Å². The fourth-order valence-electron chi connectivity index (χ4n) is 0.798. The van der Waals surface area contributed by atoms with E-state index in [1.165, 1.54) is 18.0 Å². The van der Waals surface area contributed by atoms with Crippen LogP contribution in [-0.4, -0.2) is 6.26 Å². The third kappa shape index (κ3) is 1.93. The Labute approximate surface area is 75.5 Å². The van der Waals surface area contributed by atoms with Crippen LogP contribution >= 0.6 is 11.9 Å². The molecular weight excluding hydrogens is 173 g/mol. The predicted molar refractivity (Wildman–Crippen MR) is 51.5 cm³/mol. The van der Waals surface area contributed by atoms with E-state index in [1.807, 2.05) is 6.26 Å². The number of hydrogen-bond acceptors (Lipinski definition) is 2. The molecule has 0 aliphatic rings. The highest BCUT2D eigenvalue weighted by Crippen LogP contribution is 2.17. The highest BCUT2D eigenvalue weighted by Gasteiger charge is 2.00. The Balaban J connectivity index is 2.97. The molecular formula is C9H8FNS. The van der Waals surface area contributed by atoms with Crippen LogP contribution in [0.15, 0.2) is 18.2 Å². The van der Waals surface area contributed by atoms with Crippen molar-refractivity contribution in [1.29, 1.82) is 0 Å². The molecule has 0 aromatic heterocycles. The number of nitrogens with one attached hydrogen (secondary N) is 1. The number of halogens is 1. The van der Waals surface area contributed by atoms with Crippen molar-refractivity contribution in [3.63, 3.8) is 0 Å². The normalized spacial score (nSPS) is 9.08. The van der Waals surface area contributed by atoms with Gasteiger partial charge in [0.25, 0.3) is 0 Å². The zero-order valence-corrected chi connectivity index (χ0v) is 7.41. The lowest BCUT2D eigenvalue weighted by Crippen LogP contribution is -1.89. The van der Waals surface area contributed by atoms with Gasteiger partial charge in [0.2, 0.25) is 0 Å². The molecule has 1 N–H and O–H groups in total. The fourth-order valence-corrected chi connectivity index (χ4v) is 1.18. The summed E-state index contributed by atoms with van der Waals surface area (Å²) >= 11 is 1.34. The van der Waals surface area contributed by atoms with Gasteiger partial charge in [-0.25, -0.2) is 4.39 Å². The third-order valence-corrected chi connectivity index (χ3v) is 1.77. The SMILES string of the molecule is C#Cc1ccc(NSC)c(F)c1.